The lowest BCUT2D eigenvalue weighted by atomic mass is 10.3. The van der Waals surface area contributed by atoms with Crippen molar-refractivity contribution < 1.29 is 4.79 Å². The molecule has 1 saturated heterocycles. The van der Waals surface area contributed by atoms with Crippen molar-refractivity contribution in [1.29, 1.82) is 0 Å². The normalized spacial score (nSPS) is 17.1. The Labute approximate surface area is 88.7 Å². The van der Waals surface area contributed by atoms with Crippen LogP contribution in [0.15, 0.2) is 12.4 Å². The number of carbonyl (C=O) groups excluding carboxylic acids is 1. The first-order valence-electron chi connectivity index (χ1n) is 4.94. The van der Waals surface area contributed by atoms with Gasteiger partial charge in [0.1, 0.15) is 0 Å². The number of likely N-dealkylation sites (N-methyl/N-ethyl adjacent to an activating group) is 1. The van der Waals surface area contributed by atoms with Crippen LogP contribution in [0.4, 0.5) is 5.95 Å². The zero-order valence-corrected chi connectivity index (χ0v) is 8.97. The topological polar surface area (TPSA) is 49.3 Å². The van der Waals surface area contributed by atoms with E-state index in [1.165, 1.54) is 0 Å². The van der Waals surface area contributed by atoms with Gasteiger partial charge in [-0.05, 0) is 12.5 Å². The Bertz CT molecular complexity index is 362. The maximum atomic E-state index is 11.5. The second-order valence-corrected chi connectivity index (χ2v) is 3.80. The third-order valence-corrected chi connectivity index (χ3v) is 2.51. The molecule has 0 aromatic carbocycles. The molecule has 0 atom stereocenters. The van der Waals surface area contributed by atoms with Crippen LogP contribution in [0.1, 0.15) is 5.56 Å². The van der Waals surface area contributed by atoms with Crippen LogP contribution in [0.2, 0.25) is 0 Å². The molecule has 0 unspecified atom stereocenters. The van der Waals surface area contributed by atoms with Crippen LogP contribution in [-0.2, 0) is 4.79 Å². The van der Waals surface area contributed by atoms with E-state index >= 15 is 0 Å². The summed E-state index contributed by atoms with van der Waals surface area (Å²) in [5, 5.41) is 0. The molecule has 0 N–H and O–H groups in total. The van der Waals surface area contributed by atoms with Crippen LogP contribution in [-0.4, -0.2) is 47.5 Å². The van der Waals surface area contributed by atoms with Gasteiger partial charge in [0.25, 0.3) is 0 Å². The average molecular weight is 206 g/mol. The minimum absolute atomic E-state index is 0.116. The van der Waals surface area contributed by atoms with Gasteiger partial charge in [-0.25, -0.2) is 9.97 Å². The Balaban J connectivity index is 2.12. The maximum Gasteiger partial charge on any atom is 0.242 e. The zero-order valence-electron chi connectivity index (χ0n) is 8.97. The van der Waals surface area contributed by atoms with Crippen LogP contribution < -0.4 is 4.90 Å². The fourth-order valence-corrected chi connectivity index (χ4v) is 1.48. The minimum atomic E-state index is 0.116. The number of hydrogen-bond donors (Lipinski definition) is 0. The first kappa shape index (κ1) is 9.89. The number of amides is 1. The lowest BCUT2D eigenvalue weighted by Crippen LogP contribution is -2.49. The summed E-state index contributed by atoms with van der Waals surface area (Å²) < 4.78 is 0. The molecule has 0 bridgehead atoms. The van der Waals surface area contributed by atoms with Crippen molar-refractivity contribution in [1.82, 2.24) is 14.9 Å². The third kappa shape index (κ3) is 2.06. The molecule has 1 aliphatic heterocycles. The van der Waals surface area contributed by atoms with E-state index in [1.54, 1.807) is 17.3 Å². The Morgan fingerprint density at radius 2 is 1.93 bits per heavy atom. The summed E-state index contributed by atoms with van der Waals surface area (Å²) in [5.41, 5.74) is 1.03. The molecule has 1 fully saturated rings. The van der Waals surface area contributed by atoms with Crippen molar-refractivity contribution >= 4 is 11.9 Å². The van der Waals surface area contributed by atoms with Crippen LogP contribution in [0, 0.1) is 6.92 Å². The smallest absolute Gasteiger partial charge is 0.242 e. The fourth-order valence-electron chi connectivity index (χ4n) is 1.48. The van der Waals surface area contributed by atoms with E-state index in [0.29, 0.717) is 12.5 Å². The number of piperazine rings is 1. The van der Waals surface area contributed by atoms with E-state index in [2.05, 4.69) is 9.97 Å². The van der Waals surface area contributed by atoms with Gasteiger partial charge < -0.3 is 9.80 Å². The van der Waals surface area contributed by atoms with Gasteiger partial charge >= 0.3 is 0 Å². The van der Waals surface area contributed by atoms with Gasteiger partial charge in [0, 0.05) is 32.5 Å². The Morgan fingerprint density at radius 1 is 1.27 bits per heavy atom. The van der Waals surface area contributed by atoms with Crippen molar-refractivity contribution in [3.05, 3.63) is 18.0 Å². The molecule has 5 nitrogen and oxygen atoms in total. The van der Waals surface area contributed by atoms with Gasteiger partial charge in [-0.2, -0.15) is 0 Å². The van der Waals surface area contributed by atoms with E-state index in [1.807, 2.05) is 18.9 Å². The summed E-state index contributed by atoms with van der Waals surface area (Å²) in [4.78, 5) is 23.5. The summed E-state index contributed by atoms with van der Waals surface area (Å²) in [7, 11) is 1.82. The molecule has 15 heavy (non-hydrogen) atoms. The van der Waals surface area contributed by atoms with Crippen molar-refractivity contribution in [2.45, 2.75) is 6.92 Å². The first-order valence-corrected chi connectivity index (χ1v) is 4.94. The average Bonchev–Trinajstić information content (AvgIpc) is 2.23. The number of rotatable bonds is 1. The van der Waals surface area contributed by atoms with Gasteiger partial charge in [-0.15, -0.1) is 0 Å². The Hall–Kier alpha value is -1.65. The highest BCUT2D eigenvalue weighted by Gasteiger charge is 2.22. The summed E-state index contributed by atoms with van der Waals surface area (Å²) in [6.45, 7) is 3.85. The van der Waals surface area contributed by atoms with Crippen molar-refractivity contribution in [2.24, 2.45) is 0 Å². The molecule has 2 heterocycles. The Morgan fingerprint density at radius 3 is 2.53 bits per heavy atom. The number of aryl methyl sites for hydroxylation is 1. The molecule has 0 radical (unpaired) electrons. The number of nitrogens with zero attached hydrogens (tertiary/aromatic N) is 4. The van der Waals surface area contributed by atoms with E-state index in [9.17, 15) is 4.79 Å². The second kappa shape index (κ2) is 3.84. The molecule has 2 rings (SSSR count). The molecule has 1 aliphatic rings. The molecule has 0 saturated carbocycles. The van der Waals surface area contributed by atoms with Gasteiger partial charge in [0.05, 0.1) is 6.54 Å². The third-order valence-electron chi connectivity index (χ3n) is 2.51. The van der Waals surface area contributed by atoms with E-state index in [0.717, 1.165) is 18.7 Å². The quantitative estimate of drug-likeness (QED) is 0.652. The highest BCUT2D eigenvalue weighted by Crippen LogP contribution is 2.10. The van der Waals surface area contributed by atoms with Crippen molar-refractivity contribution in [3.63, 3.8) is 0 Å². The molecule has 5 heteroatoms. The number of carbonyl (C=O) groups is 1. The van der Waals surface area contributed by atoms with E-state index in [-0.39, 0.29) is 5.91 Å². The molecule has 0 aliphatic carbocycles. The highest BCUT2D eigenvalue weighted by atomic mass is 16.2. The molecule has 1 amide bonds. The van der Waals surface area contributed by atoms with Crippen LogP contribution >= 0.6 is 0 Å². The van der Waals surface area contributed by atoms with E-state index in [4.69, 9.17) is 0 Å². The molecule has 1 aromatic rings. The maximum absolute atomic E-state index is 11.5. The lowest BCUT2D eigenvalue weighted by molar-refractivity contribution is -0.129. The molecular weight excluding hydrogens is 192 g/mol. The predicted molar refractivity (Wildman–Crippen MR) is 56.6 cm³/mol. The predicted octanol–water partition coefficient (Wildman–Crippen LogP) is 0.0634. The summed E-state index contributed by atoms with van der Waals surface area (Å²) in [6, 6.07) is 0. The zero-order chi connectivity index (χ0) is 10.8. The van der Waals surface area contributed by atoms with Crippen LogP contribution in [0.5, 0.6) is 0 Å². The van der Waals surface area contributed by atoms with Gasteiger partial charge in [-0.3, -0.25) is 4.79 Å². The molecule has 80 valence electrons. The van der Waals surface area contributed by atoms with Gasteiger partial charge in [0.15, 0.2) is 0 Å². The standard InChI is InChI=1S/C10H14N4O/c1-8-5-11-10(12-6-8)14-4-3-13(2)9(15)7-14/h5-6H,3-4,7H2,1-2H3. The SMILES string of the molecule is Cc1cnc(N2CCN(C)C(=O)C2)nc1. The van der Waals surface area contributed by atoms with Crippen molar-refractivity contribution in [3.8, 4) is 0 Å². The minimum Gasteiger partial charge on any atom is -0.342 e. The Kier molecular flexibility index (Phi) is 2.53. The van der Waals surface area contributed by atoms with Crippen LogP contribution in [0.3, 0.4) is 0 Å². The lowest BCUT2D eigenvalue weighted by Gasteiger charge is -2.31. The first-order chi connectivity index (χ1) is 7.16. The molecule has 1 aromatic heterocycles. The summed E-state index contributed by atoms with van der Waals surface area (Å²) in [6.07, 6.45) is 3.54. The number of aromatic nitrogens is 2. The fraction of sp³-hybridized carbons (Fsp3) is 0.500. The molecular formula is C10H14N4O. The van der Waals surface area contributed by atoms with Gasteiger partial charge in [0.2, 0.25) is 11.9 Å². The van der Waals surface area contributed by atoms with Crippen molar-refractivity contribution in [2.75, 3.05) is 31.6 Å². The monoisotopic (exact) mass is 206 g/mol. The number of hydrogen-bond acceptors (Lipinski definition) is 4. The summed E-state index contributed by atoms with van der Waals surface area (Å²) in [5.74, 6) is 0.757. The van der Waals surface area contributed by atoms with Gasteiger partial charge in [-0.1, -0.05) is 0 Å². The number of anilines is 1. The largest absolute Gasteiger partial charge is 0.342 e. The van der Waals surface area contributed by atoms with Crippen LogP contribution in [0.25, 0.3) is 0 Å². The molecule has 0 spiro atoms. The van der Waals surface area contributed by atoms with E-state index < -0.39 is 0 Å². The summed E-state index contributed by atoms with van der Waals surface area (Å²) >= 11 is 0. The highest BCUT2D eigenvalue weighted by molar-refractivity contribution is 5.81. The second-order valence-electron chi connectivity index (χ2n) is 3.80.